The van der Waals surface area contributed by atoms with E-state index in [4.69, 9.17) is 10.5 Å². The summed E-state index contributed by atoms with van der Waals surface area (Å²) < 4.78 is 5.66. The van der Waals surface area contributed by atoms with Gasteiger partial charge in [-0.25, -0.2) is 0 Å². The molecule has 0 aliphatic carbocycles. The summed E-state index contributed by atoms with van der Waals surface area (Å²) in [4.78, 5) is 0. The lowest BCUT2D eigenvalue weighted by molar-refractivity contribution is 0.287. The summed E-state index contributed by atoms with van der Waals surface area (Å²) in [6.45, 7) is 5.70. The van der Waals surface area contributed by atoms with Gasteiger partial charge >= 0.3 is 0 Å². The third-order valence-corrected chi connectivity index (χ3v) is 2.15. The van der Waals surface area contributed by atoms with E-state index in [1.807, 2.05) is 24.3 Å². The van der Waals surface area contributed by atoms with E-state index in [9.17, 15) is 0 Å². The molecule has 2 nitrogen and oxygen atoms in total. The molecule has 3 heteroatoms. The molecule has 15 heavy (non-hydrogen) atoms. The van der Waals surface area contributed by atoms with Crippen molar-refractivity contribution in [2.45, 2.75) is 26.8 Å². The minimum Gasteiger partial charge on any atom is -0.493 e. The van der Waals surface area contributed by atoms with Crippen LogP contribution in [0.2, 0.25) is 0 Å². The monoisotopic (exact) mass is 229 g/mol. The SMILES string of the molecule is CC(C)CCOc1ccccc1CN.Cl. The standard InChI is InChI=1S/C12H19NO.ClH/c1-10(2)7-8-14-12-6-4-3-5-11(12)9-13;/h3-6,10H,7-9,13H2,1-2H3;1H. The maximum Gasteiger partial charge on any atom is 0.123 e. The van der Waals surface area contributed by atoms with Crippen molar-refractivity contribution in [1.82, 2.24) is 0 Å². The van der Waals surface area contributed by atoms with Crippen LogP contribution in [0.1, 0.15) is 25.8 Å². The molecule has 1 aromatic rings. The van der Waals surface area contributed by atoms with E-state index in [0.717, 1.165) is 24.3 Å². The molecule has 0 atom stereocenters. The van der Waals surface area contributed by atoms with Gasteiger partial charge in [0.15, 0.2) is 0 Å². The maximum absolute atomic E-state index is 5.66. The fourth-order valence-corrected chi connectivity index (χ4v) is 1.22. The topological polar surface area (TPSA) is 35.2 Å². The predicted octanol–water partition coefficient (Wildman–Crippen LogP) is 2.99. The Labute approximate surface area is 98.2 Å². The second-order valence-corrected chi connectivity index (χ2v) is 3.84. The van der Waals surface area contributed by atoms with Crippen LogP contribution in [0.15, 0.2) is 24.3 Å². The van der Waals surface area contributed by atoms with Crippen LogP contribution in [0, 0.1) is 5.92 Å². The Hall–Kier alpha value is -0.730. The second kappa shape index (κ2) is 7.55. The van der Waals surface area contributed by atoms with Crippen LogP contribution in [0.3, 0.4) is 0 Å². The molecule has 0 bridgehead atoms. The average Bonchev–Trinajstić information content (AvgIpc) is 2.18. The van der Waals surface area contributed by atoms with Gasteiger partial charge in [-0.15, -0.1) is 12.4 Å². The van der Waals surface area contributed by atoms with Gasteiger partial charge in [-0.1, -0.05) is 32.0 Å². The minimum atomic E-state index is 0. The Morgan fingerprint density at radius 2 is 1.93 bits per heavy atom. The summed E-state index contributed by atoms with van der Waals surface area (Å²) in [6, 6.07) is 7.94. The first kappa shape index (κ1) is 14.3. The van der Waals surface area contributed by atoms with E-state index in [0.29, 0.717) is 12.5 Å². The van der Waals surface area contributed by atoms with E-state index in [1.165, 1.54) is 0 Å². The van der Waals surface area contributed by atoms with Crippen molar-refractivity contribution in [1.29, 1.82) is 0 Å². The number of hydrogen-bond donors (Lipinski definition) is 1. The van der Waals surface area contributed by atoms with Crippen LogP contribution in [-0.2, 0) is 6.54 Å². The molecule has 0 heterocycles. The molecule has 0 aliphatic rings. The van der Waals surface area contributed by atoms with E-state index in [-0.39, 0.29) is 12.4 Å². The summed E-state index contributed by atoms with van der Waals surface area (Å²) in [5.74, 6) is 1.61. The summed E-state index contributed by atoms with van der Waals surface area (Å²) in [5, 5.41) is 0. The molecule has 0 aromatic heterocycles. The number of rotatable bonds is 5. The first-order valence-corrected chi connectivity index (χ1v) is 5.14. The molecule has 0 amide bonds. The van der Waals surface area contributed by atoms with Crippen LogP contribution in [0.4, 0.5) is 0 Å². The molecule has 0 aliphatic heterocycles. The van der Waals surface area contributed by atoms with E-state index < -0.39 is 0 Å². The Kier molecular flexibility index (Phi) is 7.18. The van der Waals surface area contributed by atoms with E-state index in [2.05, 4.69) is 13.8 Å². The largest absolute Gasteiger partial charge is 0.493 e. The van der Waals surface area contributed by atoms with Gasteiger partial charge in [0, 0.05) is 12.1 Å². The fraction of sp³-hybridized carbons (Fsp3) is 0.500. The molecule has 0 saturated carbocycles. The Balaban J connectivity index is 0.00000196. The Bertz CT molecular complexity index is 276. The van der Waals surface area contributed by atoms with Gasteiger partial charge in [0.2, 0.25) is 0 Å². The molecule has 2 N–H and O–H groups in total. The lowest BCUT2D eigenvalue weighted by Gasteiger charge is -2.11. The number of benzene rings is 1. The number of para-hydroxylation sites is 1. The van der Waals surface area contributed by atoms with E-state index >= 15 is 0 Å². The van der Waals surface area contributed by atoms with E-state index in [1.54, 1.807) is 0 Å². The Morgan fingerprint density at radius 1 is 1.27 bits per heavy atom. The van der Waals surface area contributed by atoms with Crippen LogP contribution in [-0.4, -0.2) is 6.61 Å². The van der Waals surface area contributed by atoms with Crippen molar-refractivity contribution < 1.29 is 4.74 Å². The molecule has 0 fully saturated rings. The molecule has 0 unspecified atom stereocenters. The quantitative estimate of drug-likeness (QED) is 0.843. The van der Waals surface area contributed by atoms with Gasteiger partial charge in [0.25, 0.3) is 0 Å². The van der Waals surface area contributed by atoms with Crippen molar-refractivity contribution in [3.8, 4) is 5.75 Å². The molecule has 0 saturated heterocycles. The van der Waals surface area contributed by atoms with Gasteiger partial charge in [0.05, 0.1) is 6.61 Å². The van der Waals surface area contributed by atoms with Gasteiger partial charge in [-0.2, -0.15) is 0 Å². The predicted molar refractivity (Wildman–Crippen MR) is 66.5 cm³/mol. The van der Waals surface area contributed by atoms with Crippen LogP contribution in [0.25, 0.3) is 0 Å². The third kappa shape index (κ3) is 5.05. The molecular formula is C12H20ClNO. The number of halogens is 1. The highest BCUT2D eigenvalue weighted by molar-refractivity contribution is 5.85. The third-order valence-electron chi connectivity index (χ3n) is 2.15. The van der Waals surface area contributed by atoms with Gasteiger partial charge in [-0.05, 0) is 18.4 Å². The van der Waals surface area contributed by atoms with Gasteiger partial charge in [-0.3, -0.25) is 0 Å². The first-order chi connectivity index (χ1) is 6.74. The van der Waals surface area contributed by atoms with Gasteiger partial charge in [0.1, 0.15) is 5.75 Å². The Morgan fingerprint density at radius 3 is 2.53 bits per heavy atom. The summed E-state index contributed by atoms with van der Waals surface area (Å²) in [6.07, 6.45) is 1.08. The number of ether oxygens (including phenoxy) is 1. The molecule has 0 spiro atoms. The van der Waals surface area contributed by atoms with Crippen molar-refractivity contribution in [2.24, 2.45) is 11.7 Å². The smallest absolute Gasteiger partial charge is 0.123 e. The summed E-state index contributed by atoms with van der Waals surface area (Å²) in [5.41, 5.74) is 6.68. The van der Waals surface area contributed by atoms with Gasteiger partial charge < -0.3 is 10.5 Å². The van der Waals surface area contributed by atoms with Crippen molar-refractivity contribution >= 4 is 12.4 Å². The van der Waals surface area contributed by atoms with Crippen LogP contribution < -0.4 is 10.5 Å². The number of nitrogens with two attached hydrogens (primary N) is 1. The number of hydrogen-bond acceptors (Lipinski definition) is 2. The lowest BCUT2D eigenvalue weighted by atomic mass is 10.1. The molecule has 1 rings (SSSR count). The van der Waals surface area contributed by atoms with Crippen molar-refractivity contribution in [3.63, 3.8) is 0 Å². The minimum absolute atomic E-state index is 0. The fourth-order valence-electron chi connectivity index (χ4n) is 1.22. The molecule has 0 radical (unpaired) electrons. The zero-order valence-electron chi connectivity index (χ0n) is 9.40. The van der Waals surface area contributed by atoms with Crippen molar-refractivity contribution in [3.05, 3.63) is 29.8 Å². The first-order valence-electron chi connectivity index (χ1n) is 5.14. The molecule has 86 valence electrons. The summed E-state index contributed by atoms with van der Waals surface area (Å²) in [7, 11) is 0. The highest BCUT2D eigenvalue weighted by Crippen LogP contribution is 2.17. The average molecular weight is 230 g/mol. The zero-order chi connectivity index (χ0) is 10.4. The second-order valence-electron chi connectivity index (χ2n) is 3.84. The molecular weight excluding hydrogens is 210 g/mol. The highest BCUT2D eigenvalue weighted by atomic mass is 35.5. The highest BCUT2D eigenvalue weighted by Gasteiger charge is 2.00. The zero-order valence-corrected chi connectivity index (χ0v) is 10.2. The summed E-state index contributed by atoms with van der Waals surface area (Å²) >= 11 is 0. The lowest BCUT2D eigenvalue weighted by Crippen LogP contribution is -2.05. The normalized spacial score (nSPS) is 9.87. The maximum atomic E-state index is 5.66. The molecule has 1 aromatic carbocycles. The van der Waals surface area contributed by atoms with Crippen molar-refractivity contribution in [2.75, 3.05) is 6.61 Å². The van der Waals surface area contributed by atoms with Crippen LogP contribution in [0.5, 0.6) is 5.75 Å². The van der Waals surface area contributed by atoms with Crippen LogP contribution >= 0.6 is 12.4 Å².